The molecular weight excluding hydrogens is 264 g/mol. The van der Waals surface area contributed by atoms with Crippen molar-refractivity contribution < 1.29 is 0 Å². The summed E-state index contributed by atoms with van der Waals surface area (Å²) >= 11 is 3.45. The molecule has 0 aliphatic heterocycles. The molecule has 78 valence electrons. The van der Waals surface area contributed by atoms with Gasteiger partial charge in [-0.25, -0.2) is 0 Å². The molecule has 2 aromatic carbocycles. The van der Waals surface area contributed by atoms with E-state index < -0.39 is 0 Å². The van der Waals surface area contributed by atoms with Crippen molar-refractivity contribution >= 4 is 26.8 Å². The zero-order valence-corrected chi connectivity index (χ0v) is 10.0. The van der Waals surface area contributed by atoms with Gasteiger partial charge in [-0.2, -0.15) is 5.10 Å². The van der Waals surface area contributed by atoms with Gasteiger partial charge in [-0.15, -0.1) is 0 Å². The van der Waals surface area contributed by atoms with Crippen LogP contribution in [0, 0.1) is 0 Å². The molecule has 1 heterocycles. The Morgan fingerprint density at radius 3 is 2.62 bits per heavy atom. The fourth-order valence-electron chi connectivity index (χ4n) is 1.81. The van der Waals surface area contributed by atoms with Crippen LogP contribution in [0.15, 0.2) is 53.0 Å². The Hall–Kier alpha value is -1.61. The van der Waals surface area contributed by atoms with Crippen molar-refractivity contribution in [2.75, 3.05) is 0 Å². The van der Waals surface area contributed by atoms with Gasteiger partial charge in [0.05, 0.1) is 11.2 Å². The summed E-state index contributed by atoms with van der Waals surface area (Å²) in [4.78, 5) is 0. The molecule has 0 atom stereocenters. The number of rotatable bonds is 1. The molecule has 0 saturated heterocycles. The van der Waals surface area contributed by atoms with Gasteiger partial charge in [-0.05, 0) is 18.2 Å². The topological polar surface area (TPSA) is 28.7 Å². The number of aromatic nitrogens is 2. The minimum atomic E-state index is 1.00. The summed E-state index contributed by atoms with van der Waals surface area (Å²) in [6.07, 6.45) is 0. The standard InChI is InChI=1S/C13H9BrN2/c14-10-6-7-11-12(8-10)15-16-13(11)9-4-2-1-3-5-9/h1-8H,(H,15,16). The summed E-state index contributed by atoms with van der Waals surface area (Å²) in [7, 11) is 0. The number of hydrogen-bond donors (Lipinski definition) is 1. The fraction of sp³-hybridized carbons (Fsp3) is 0. The number of nitrogens with zero attached hydrogens (tertiary/aromatic N) is 1. The Balaban J connectivity index is 2.26. The summed E-state index contributed by atoms with van der Waals surface area (Å²) in [5, 5.41) is 8.56. The Morgan fingerprint density at radius 1 is 1.00 bits per heavy atom. The zero-order valence-electron chi connectivity index (χ0n) is 8.44. The molecule has 0 amide bonds. The van der Waals surface area contributed by atoms with Gasteiger partial charge in [0.25, 0.3) is 0 Å². The van der Waals surface area contributed by atoms with Crippen molar-refractivity contribution in [1.29, 1.82) is 0 Å². The number of fused-ring (bicyclic) bond motifs is 1. The van der Waals surface area contributed by atoms with Gasteiger partial charge in [0.15, 0.2) is 0 Å². The van der Waals surface area contributed by atoms with Crippen LogP contribution >= 0.6 is 15.9 Å². The van der Waals surface area contributed by atoms with E-state index in [1.165, 1.54) is 0 Å². The third-order valence-corrected chi connectivity index (χ3v) is 3.07. The lowest BCUT2D eigenvalue weighted by molar-refractivity contribution is 1.12. The monoisotopic (exact) mass is 272 g/mol. The number of aromatic amines is 1. The molecule has 3 rings (SSSR count). The molecule has 0 aliphatic carbocycles. The van der Waals surface area contributed by atoms with E-state index in [-0.39, 0.29) is 0 Å². The molecule has 1 N–H and O–H groups in total. The molecule has 2 nitrogen and oxygen atoms in total. The number of nitrogens with one attached hydrogen (secondary N) is 1. The Morgan fingerprint density at radius 2 is 1.81 bits per heavy atom. The normalized spacial score (nSPS) is 10.8. The maximum atomic E-state index is 4.36. The van der Waals surface area contributed by atoms with E-state index in [4.69, 9.17) is 0 Å². The van der Waals surface area contributed by atoms with Crippen LogP contribution in [0.25, 0.3) is 22.2 Å². The number of H-pyrrole nitrogens is 1. The van der Waals surface area contributed by atoms with Crippen molar-refractivity contribution in [3.8, 4) is 11.3 Å². The van der Waals surface area contributed by atoms with E-state index in [2.05, 4.69) is 44.3 Å². The lowest BCUT2D eigenvalue weighted by Crippen LogP contribution is -1.77. The largest absolute Gasteiger partial charge is 0.277 e. The minimum absolute atomic E-state index is 1.00. The van der Waals surface area contributed by atoms with Crippen molar-refractivity contribution in [2.45, 2.75) is 0 Å². The molecule has 16 heavy (non-hydrogen) atoms. The third-order valence-electron chi connectivity index (χ3n) is 2.57. The predicted molar refractivity (Wildman–Crippen MR) is 69.2 cm³/mol. The Kier molecular flexibility index (Phi) is 2.26. The van der Waals surface area contributed by atoms with Crippen molar-refractivity contribution in [3.05, 3.63) is 53.0 Å². The lowest BCUT2D eigenvalue weighted by Gasteiger charge is -1.96. The Labute approximate surface area is 101 Å². The Bertz CT molecular complexity index is 629. The average Bonchev–Trinajstić information content (AvgIpc) is 2.73. The van der Waals surface area contributed by atoms with Gasteiger partial charge in [0.1, 0.15) is 0 Å². The van der Waals surface area contributed by atoms with Gasteiger partial charge in [0.2, 0.25) is 0 Å². The highest BCUT2D eigenvalue weighted by molar-refractivity contribution is 9.10. The average molecular weight is 273 g/mol. The minimum Gasteiger partial charge on any atom is -0.277 e. The van der Waals surface area contributed by atoms with Crippen LogP contribution in [-0.2, 0) is 0 Å². The highest BCUT2D eigenvalue weighted by Crippen LogP contribution is 2.27. The van der Waals surface area contributed by atoms with Gasteiger partial charge in [-0.3, -0.25) is 5.10 Å². The van der Waals surface area contributed by atoms with Crippen LogP contribution in [0.3, 0.4) is 0 Å². The summed E-state index contributed by atoms with van der Waals surface area (Å²) in [6.45, 7) is 0. The first-order valence-electron chi connectivity index (χ1n) is 5.03. The molecule has 0 bridgehead atoms. The van der Waals surface area contributed by atoms with E-state index in [1.54, 1.807) is 0 Å². The van der Waals surface area contributed by atoms with E-state index in [0.29, 0.717) is 0 Å². The molecular formula is C13H9BrN2. The molecule has 0 spiro atoms. The molecule has 0 fully saturated rings. The summed E-state index contributed by atoms with van der Waals surface area (Å²) in [6, 6.07) is 16.3. The van der Waals surface area contributed by atoms with Crippen molar-refractivity contribution in [3.63, 3.8) is 0 Å². The highest BCUT2D eigenvalue weighted by atomic mass is 79.9. The van der Waals surface area contributed by atoms with Crippen LogP contribution in [0.2, 0.25) is 0 Å². The van der Waals surface area contributed by atoms with Crippen LogP contribution in [0.4, 0.5) is 0 Å². The number of benzene rings is 2. The third kappa shape index (κ3) is 1.53. The zero-order chi connectivity index (χ0) is 11.0. The lowest BCUT2D eigenvalue weighted by atomic mass is 10.1. The van der Waals surface area contributed by atoms with E-state index in [1.807, 2.05) is 30.3 Å². The second-order valence-corrected chi connectivity index (χ2v) is 4.54. The van der Waals surface area contributed by atoms with Crippen LogP contribution in [0.1, 0.15) is 0 Å². The van der Waals surface area contributed by atoms with Crippen LogP contribution in [0.5, 0.6) is 0 Å². The first-order chi connectivity index (χ1) is 7.84. The van der Waals surface area contributed by atoms with Gasteiger partial charge < -0.3 is 0 Å². The summed E-state index contributed by atoms with van der Waals surface area (Å²) < 4.78 is 1.06. The van der Waals surface area contributed by atoms with Crippen molar-refractivity contribution in [1.82, 2.24) is 10.2 Å². The molecule has 0 aliphatic rings. The molecule has 3 heteroatoms. The second-order valence-electron chi connectivity index (χ2n) is 3.63. The number of halogens is 1. The maximum Gasteiger partial charge on any atom is 0.0999 e. The maximum absolute atomic E-state index is 4.36. The molecule has 0 saturated carbocycles. The van der Waals surface area contributed by atoms with Gasteiger partial charge in [0, 0.05) is 15.4 Å². The predicted octanol–water partition coefficient (Wildman–Crippen LogP) is 3.99. The van der Waals surface area contributed by atoms with Crippen LogP contribution in [-0.4, -0.2) is 10.2 Å². The van der Waals surface area contributed by atoms with E-state index >= 15 is 0 Å². The summed E-state index contributed by atoms with van der Waals surface area (Å²) in [5.74, 6) is 0. The fourth-order valence-corrected chi connectivity index (χ4v) is 2.17. The van der Waals surface area contributed by atoms with E-state index in [0.717, 1.165) is 26.6 Å². The molecule has 1 aromatic heterocycles. The van der Waals surface area contributed by atoms with Gasteiger partial charge in [-0.1, -0.05) is 46.3 Å². The quantitative estimate of drug-likeness (QED) is 0.713. The smallest absolute Gasteiger partial charge is 0.0999 e. The SMILES string of the molecule is Brc1ccc2c(-c3ccccc3)n[nH]c2c1. The number of hydrogen-bond acceptors (Lipinski definition) is 1. The van der Waals surface area contributed by atoms with Crippen LogP contribution < -0.4 is 0 Å². The first-order valence-corrected chi connectivity index (χ1v) is 5.83. The molecule has 0 unspecified atom stereocenters. The molecule has 0 radical (unpaired) electrons. The summed E-state index contributed by atoms with van der Waals surface area (Å²) in [5.41, 5.74) is 3.19. The first kappa shape index (κ1) is 9.60. The van der Waals surface area contributed by atoms with Gasteiger partial charge >= 0.3 is 0 Å². The second kappa shape index (κ2) is 3.76. The highest BCUT2D eigenvalue weighted by Gasteiger charge is 2.07. The molecule has 3 aromatic rings. The van der Waals surface area contributed by atoms with E-state index in [9.17, 15) is 0 Å². The van der Waals surface area contributed by atoms with Crippen molar-refractivity contribution in [2.24, 2.45) is 0 Å².